The van der Waals surface area contributed by atoms with Gasteiger partial charge in [0.2, 0.25) is 10.0 Å². The first-order valence-corrected chi connectivity index (χ1v) is 7.35. The number of hydrogen-bond donors (Lipinski definition) is 1. The van der Waals surface area contributed by atoms with E-state index in [0.717, 1.165) is 5.57 Å². The minimum absolute atomic E-state index is 0.297. The van der Waals surface area contributed by atoms with Gasteiger partial charge in [0.25, 0.3) is 0 Å². The fourth-order valence-electron chi connectivity index (χ4n) is 1.87. The molecule has 96 valence electrons. The van der Waals surface area contributed by atoms with Crippen LogP contribution in [0.15, 0.2) is 59.0 Å². The molecule has 2 rings (SSSR count). The first-order chi connectivity index (χ1) is 8.41. The lowest BCUT2D eigenvalue weighted by Crippen LogP contribution is -2.44. The quantitative estimate of drug-likeness (QED) is 0.911. The van der Waals surface area contributed by atoms with Crippen LogP contribution in [-0.2, 0) is 10.0 Å². The molecular weight excluding hydrogens is 246 g/mol. The van der Waals surface area contributed by atoms with Crippen molar-refractivity contribution in [1.29, 1.82) is 0 Å². The SMILES string of the molecule is CC1=CCC(C)(NS(=O)(=O)c2ccccc2)C=C1. The van der Waals surface area contributed by atoms with Gasteiger partial charge in [0.15, 0.2) is 0 Å². The van der Waals surface area contributed by atoms with E-state index in [0.29, 0.717) is 11.3 Å². The van der Waals surface area contributed by atoms with Crippen LogP contribution >= 0.6 is 0 Å². The Morgan fingerprint density at radius 1 is 1.22 bits per heavy atom. The summed E-state index contributed by atoms with van der Waals surface area (Å²) in [5.41, 5.74) is 0.611. The molecule has 1 unspecified atom stereocenters. The Kier molecular flexibility index (Phi) is 3.41. The van der Waals surface area contributed by atoms with Gasteiger partial charge in [-0.05, 0) is 32.4 Å². The van der Waals surface area contributed by atoms with Gasteiger partial charge in [0.1, 0.15) is 0 Å². The summed E-state index contributed by atoms with van der Waals surface area (Å²) in [6.07, 6.45) is 6.55. The van der Waals surface area contributed by atoms with Crippen LogP contribution in [0.1, 0.15) is 20.3 Å². The number of benzene rings is 1. The highest BCUT2D eigenvalue weighted by Gasteiger charge is 2.28. The fraction of sp³-hybridized carbons (Fsp3) is 0.286. The van der Waals surface area contributed by atoms with Gasteiger partial charge in [-0.15, -0.1) is 0 Å². The minimum atomic E-state index is -3.47. The molecule has 0 bridgehead atoms. The predicted octanol–water partition coefficient (Wildman–Crippen LogP) is 2.63. The van der Waals surface area contributed by atoms with Crippen LogP contribution in [0, 0.1) is 0 Å². The van der Waals surface area contributed by atoms with E-state index in [2.05, 4.69) is 4.72 Å². The maximum atomic E-state index is 12.2. The molecule has 18 heavy (non-hydrogen) atoms. The van der Waals surface area contributed by atoms with Crippen molar-refractivity contribution in [3.05, 3.63) is 54.1 Å². The van der Waals surface area contributed by atoms with Crippen molar-refractivity contribution in [2.24, 2.45) is 0 Å². The van der Waals surface area contributed by atoms with E-state index in [-0.39, 0.29) is 0 Å². The normalized spacial score (nSPS) is 23.8. The van der Waals surface area contributed by atoms with Crippen molar-refractivity contribution in [3.63, 3.8) is 0 Å². The smallest absolute Gasteiger partial charge is 0.207 e. The third-order valence-electron chi connectivity index (χ3n) is 2.98. The molecule has 0 fully saturated rings. The summed E-state index contributed by atoms with van der Waals surface area (Å²) in [5.74, 6) is 0. The molecule has 0 radical (unpaired) electrons. The first kappa shape index (κ1) is 13.1. The highest BCUT2D eigenvalue weighted by atomic mass is 32.2. The second-order valence-corrected chi connectivity index (χ2v) is 6.50. The number of hydrogen-bond acceptors (Lipinski definition) is 2. The van der Waals surface area contributed by atoms with Gasteiger partial charge < -0.3 is 0 Å². The largest absolute Gasteiger partial charge is 0.241 e. The predicted molar refractivity (Wildman–Crippen MR) is 72.7 cm³/mol. The number of allylic oxidation sites excluding steroid dienone is 2. The van der Waals surface area contributed by atoms with E-state index in [1.165, 1.54) is 0 Å². The molecule has 1 atom stereocenters. The van der Waals surface area contributed by atoms with Gasteiger partial charge in [0.05, 0.1) is 10.4 Å². The van der Waals surface area contributed by atoms with E-state index >= 15 is 0 Å². The Hall–Kier alpha value is -1.39. The van der Waals surface area contributed by atoms with Gasteiger partial charge >= 0.3 is 0 Å². The molecule has 1 aliphatic carbocycles. The van der Waals surface area contributed by atoms with Gasteiger partial charge in [-0.2, -0.15) is 0 Å². The Balaban J connectivity index is 2.23. The molecule has 0 aromatic heterocycles. The molecule has 0 saturated heterocycles. The van der Waals surface area contributed by atoms with Crippen LogP contribution in [0.2, 0.25) is 0 Å². The molecule has 0 amide bonds. The zero-order chi connectivity index (χ0) is 13.2. The summed E-state index contributed by atoms with van der Waals surface area (Å²) >= 11 is 0. The maximum absolute atomic E-state index is 12.2. The monoisotopic (exact) mass is 263 g/mol. The molecule has 0 spiro atoms. The molecule has 1 aliphatic rings. The van der Waals surface area contributed by atoms with Gasteiger partial charge in [-0.1, -0.05) is 42.0 Å². The summed E-state index contributed by atoms with van der Waals surface area (Å²) in [6.45, 7) is 3.88. The lowest BCUT2D eigenvalue weighted by Gasteiger charge is -2.28. The molecule has 0 saturated carbocycles. The van der Waals surface area contributed by atoms with Gasteiger partial charge in [-0.3, -0.25) is 0 Å². The average Bonchev–Trinajstić information content (AvgIpc) is 2.34. The summed E-state index contributed by atoms with van der Waals surface area (Å²) in [4.78, 5) is 0.297. The second-order valence-electron chi connectivity index (χ2n) is 4.82. The molecule has 1 aromatic carbocycles. The number of rotatable bonds is 3. The Morgan fingerprint density at radius 3 is 2.44 bits per heavy atom. The van der Waals surface area contributed by atoms with Crippen molar-refractivity contribution in [2.75, 3.05) is 0 Å². The Morgan fingerprint density at radius 2 is 1.89 bits per heavy atom. The Labute approximate surface area is 108 Å². The van der Waals surface area contributed by atoms with E-state index < -0.39 is 15.6 Å². The number of nitrogens with one attached hydrogen (secondary N) is 1. The van der Waals surface area contributed by atoms with Crippen LogP contribution in [0.5, 0.6) is 0 Å². The van der Waals surface area contributed by atoms with Crippen LogP contribution in [-0.4, -0.2) is 14.0 Å². The summed E-state index contributed by atoms with van der Waals surface area (Å²) < 4.78 is 27.2. The van der Waals surface area contributed by atoms with Crippen molar-refractivity contribution < 1.29 is 8.42 Å². The maximum Gasteiger partial charge on any atom is 0.241 e. The summed E-state index contributed by atoms with van der Waals surface area (Å²) in [6, 6.07) is 8.43. The highest BCUT2D eigenvalue weighted by molar-refractivity contribution is 7.89. The number of sulfonamides is 1. The van der Waals surface area contributed by atoms with Gasteiger partial charge in [-0.25, -0.2) is 13.1 Å². The van der Waals surface area contributed by atoms with Crippen LogP contribution in [0.3, 0.4) is 0 Å². The van der Waals surface area contributed by atoms with E-state index in [4.69, 9.17) is 0 Å². The Bertz CT molecular complexity index is 587. The van der Waals surface area contributed by atoms with E-state index in [1.54, 1.807) is 30.3 Å². The van der Waals surface area contributed by atoms with Crippen molar-refractivity contribution in [3.8, 4) is 0 Å². The average molecular weight is 263 g/mol. The summed E-state index contributed by atoms with van der Waals surface area (Å²) in [7, 11) is -3.47. The molecule has 1 N–H and O–H groups in total. The van der Waals surface area contributed by atoms with Crippen molar-refractivity contribution >= 4 is 10.0 Å². The van der Waals surface area contributed by atoms with Crippen molar-refractivity contribution in [1.82, 2.24) is 4.72 Å². The second kappa shape index (κ2) is 4.71. The van der Waals surface area contributed by atoms with Gasteiger partial charge in [0, 0.05) is 0 Å². The molecule has 0 heterocycles. The highest BCUT2D eigenvalue weighted by Crippen LogP contribution is 2.23. The molecule has 0 aliphatic heterocycles. The van der Waals surface area contributed by atoms with E-state index in [1.807, 2.05) is 32.1 Å². The van der Waals surface area contributed by atoms with Crippen LogP contribution in [0.4, 0.5) is 0 Å². The van der Waals surface area contributed by atoms with Crippen LogP contribution < -0.4 is 4.72 Å². The topological polar surface area (TPSA) is 46.2 Å². The third kappa shape index (κ3) is 2.89. The third-order valence-corrected chi connectivity index (χ3v) is 4.61. The zero-order valence-electron chi connectivity index (χ0n) is 10.6. The van der Waals surface area contributed by atoms with Crippen LogP contribution in [0.25, 0.3) is 0 Å². The minimum Gasteiger partial charge on any atom is -0.207 e. The summed E-state index contributed by atoms with van der Waals surface area (Å²) in [5, 5.41) is 0. The van der Waals surface area contributed by atoms with E-state index in [9.17, 15) is 8.42 Å². The lowest BCUT2D eigenvalue weighted by molar-refractivity contribution is 0.498. The first-order valence-electron chi connectivity index (χ1n) is 5.86. The standard InChI is InChI=1S/C14H17NO2S/c1-12-8-10-14(2,11-9-12)15-18(16,17)13-6-4-3-5-7-13/h3-10,15H,11H2,1-2H3. The van der Waals surface area contributed by atoms with Crippen molar-refractivity contribution in [2.45, 2.75) is 30.7 Å². The molecule has 4 heteroatoms. The fourth-order valence-corrected chi connectivity index (χ4v) is 3.26. The molecule has 1 aromatic rings. The molecular formula is C14H17NO2S. The zero-order valence-corrected chi connectivity index (χ0v) is 11.4. The molecule has 3 nitrogen and oxygen atoms in total. The lowest BCUT2D eigenvalue weighted by atomic mass is 9.92.